The molecule has 7 heteroatoms. The van der Waals surface area contributed by atoms with E-state index >= 15 is 0 Å². The van der Waals surface area contributed by atoms with Crippen LogP contribution in [0.5, 0.6) is 0 Å². The summed E-state index contributed by atoms with van der Waals surface area (Å²) in [5.74, 6) is 5.88. The third kappa shape index (κ3) is 3.62. The first-order valence-electron chi connectivity index (χ1n) is 6.17. The monoisotopic (exact) mass is 305 g/mol. The summed E-state index contributed by atoms with van der Waals surface area (Å²) >= 11 is 0. The number of aliphatic hydroxyl groups is 1. The number of nitrogens with zero attached hydrogens (tertiary/aromatic N) is 1. The second-order valence-electron chi connectivity index (χ2n) is 4.43. The van der Waals surface area contributed by atoms with E-state index in [0.717, 1.165) is 11.1 Å². The molecule has 0 saturated carbocycles. The molecule has 0 spiro atoms. The molecular weight excluding hydrogens is 290 g/mol. The van der Waals surface area contributed by atoms with Gasteiger partial charge >= 0.3 is 0 Å². The van der Waals surface area contributed by atoms with Crippen molar-refractivity contribution in [3.05, 3.63) is 41.3 Å². The summed E-state index contributed by atoms with van der Waals surface area (Å²) < 4.78 is 26.8. The highest BCUT2D eigenvalue weighted by atomic mass is 32.2. The summed E-state index contributed by atoms with van der Waals surface area (Å²) in [4.78, 5) is 6.55. The molecule has 0 amide bonds. The maximum atomic E-state index is 12.1. The molecule has 21 heavy (non-hydrogen) atoms. The highest BCUT2D eigenvalue weighted by Gasteiger charge is 2.16. The van der Waals surface area contributed by atoms with Gasteiger partial charge in [0.1, 0.15) is 12.4 Å². The standard InChI is InChI=1S/C14H15N3O3S/c1-10-8-13(6-5-12(10)4-3-7-18)17-21(19,20)14-9-15-11(2)16-14/h5-6,8-9,17-18H,7H2,1-2H3,(H,15,16). The summed E-state index contributed by atoms with van der Waals surface area (Å²) in [5, 5.41) is 8.69. The van der Waals surface area contributed by atoms with E-state index in [1.165, 1.54) is 6.20 Å². The number of sulfonamides is 1. The molecule has 0 unspecified atom stereocenters. The van der Waals surface area contributed by atoms with Crippen LogP contribution in [0.15, 0.2) is 29.4 Å². The number of nitrogens with one attached hydrogen (secondary N) is 2. The van der Waals surface area contributed by atoms with Crippen molar-refractivity contribution in [1.82, 2.24) is 9.97 Å². The number of rotatable bonds is 3. The van der Waals surface area contributed by atoms with Crippen molar-refractivity contribution >= 4 is 15.7 Å². The first kappa shape index (κ1) is 15.1. The zero-order chi connectivity index (χ0) is 15.5. The van der Waals surface area contributed by atoms with E-state index in [2.05, 4.69) is 26.5 Å². The van der Waals surface area contributed by atoms with Crippen LogP contribution in [0.1, 0.15) is 17.0 Å². The molecule has 2 aromatic rings. The zero-order valence-corrected chi connectivity index (χ0v) is 12.5. The van der Waals surface area contributed by atoms with Crippen LogP contribution in [0.3, 0.4) is 0 Å². The van der Waals surface area contributed by atoms with Crippen molar-refractivity contribution in [3.63, 3.8) is 0 Å². The van der Waals surface area contributed by atoms with Crippen molar-refractivity contribution in [2.24, 2.45) is 0 Å². The lowest BCUT2D eigenvalue weighted by Crippen LogP contribution is -2.13. The first-order valence-corrected chi connectivity index (χ1v) is 7.65. The number of aromatic nitrogens is 2. The summed E-state index contributed by atoms with van der Waals surface area (Å²) in [6, 6.07) is 5.01. The van der Waals surface area contributed by atoms with Crippen molar-refractivity contribution in [2.45, 2.75) is 18.9 Å². The fraction of sp³-hybridized carbons (Fsp3) is 0.214. The molecule has 3 N–H and O–H groups in total. The molecule has 2 rings (SSSR count). The Morgan fingerprint density at radius 1 is 1.38 bits per heavy atom. The molecule has 6 nitrogen and oxygen atoms in total. The topological polar surface area (TPSA) is 95.1 Å². The molecule has 0 bridgehead atoms. The Morgan fingerprint density at radius 3 is 2.71 bits per heavy atom. The molecule has 1 heterocycles. The van der Waals surface area contributed by atoms with Crippen LogP contribution < -0.4 is 4.72 Å². The Hall–Kier alpha value is -2.30. The van der Waals surface area contributed by atoms with Crippen LogP contribution in [0.2, 0.25) is 0 Å². The third-order valence-electron chi connectivity index (χ3n) is 2.75. The van der Waals surface area contributed by atoms with E-state index < -0.39 is 10.0 Å². The smallest absolute Gasteiger partial charge is 0.278 e. The Kier molecular flexibility index (Phi) is 4.31. The average molecular weight is 305 g/mol. The lowest BCUT2D eigenvalue weighted by atomic mass is 10.1. The fourth-order valence-electron chi connectivity index (χ4n) is 1.75. The van der Waals surface area contributed by atoms with Gasteiger partial charge in [-0.05, 0) is 37.6 Å². The van der Waals surface area contributed by atoms with Gasteiger partial charge in [0.05, 0.1) is 6.20 Å². The van der Waals surface area contributed by atoms with E-state index in [9.17, 15) is 8.42 Å². The Balaban J connectivity index is 2.26. The number of hydrogen-bond acceptors (Lipinski definition) is 4. The number of benzene rings is 1. The van der Waals surface area contributed by atoms with Crippen molar-refractivity contribution < 1.29 is 13.5 Å². The predicted octanol–water partition coefficient (Wildman–Crippen LogP) is 1.17. The molecule has 1 aromatic carbocycles. The molecule has 0 atom stereocenters. The number of aryl methyl sites for hydroxylation is 2. The first-order chi connectivity index (χ1) is 9.92. The molecular formula is C14H15N3O3S. The fourth-order valence-corrected chi connectivity index (χ4v) is 2.77. The number of aliphatic hydroxyl groups excluding tert-OH is 1. The lowest BCUT2D eigenvalue weighted by molar-refractivity contribution is 0.350. The van der Waals surface area contributed by atoms with Crippen molar-refractivity contribution in [3.8, 4) is 11.8 Å². The predicted molar refractivity (Wildman–Crippen MR) is 79.3 cm³/mol. The van der Waals surface area contributed by atoms with Gasteiger partial charge in [-0.3, -0.25) is 4.72 Å². The molecule has 0 aliphatic heterocycles. The quantitative estimate of drug-likeness (QED) is 0.742. The number of H-pyrrole nitrogens is 1. The Bertz CT molecular complexity index is 813. The lowest BCUT2D eigenvalue weighted by Gasteiger charge is -2.08. The molecule has 0 radical (unpaired) electrons. The zero-order valence-electron chi connectivity index (χ0n) is 11.6. The van der Waals surface area contributed by atoms with Gasteiger partial charge in [0.25, 0.3) is 10.0 Å². The van der Waals surface area contributed by atoms with E-state index in [-0.39, 0.29) is 11.6 Å². The maximum Gasteiger partial charge on any atom is 0.278 e. The van der Waals surface area contributed by atoms with Gasteiger partial charge in [-0.2, -0.15) is 8.42 Å². The minimum atomic E-state index is -3.68. The van der Waals surface area contributed by atoms with Gasteiger partial charge in [0.2, 0.25) is 0 Å². The van der Waals surface area contributed by atoms with Crippen LogP contribution in [0.4, 0.5) is 5.69 Å². The van der Waals surface area contributed by atoms with E-state index in [1.54, 1.807) is 25.1 Å². The number of hydrogen-bond donors (Lipinski definition) is 3. The summed E-state index contributed by atoms with van der Waals surface area (Å²) in [5.41, 5.74) is 2.00. The van der Waals surface area contributed by atoms with Crippen LogP contribution >= 0.6 is 0 Å². The van der Waals surface area contributed by atoms with Crippen molar-refractivity contribution in [1.29, 1.82) is 0 Å². The highest BCUT2D eigenvalue weighted by molar-refractivity contribution is 7.92. The van der Waals surface area contributed by atoms with Crippen LogP contribution in [0, 0.1) is 25.7 Å². The van der Waals surface area contributed by atoms with Crippen molar-refractivity contribution in [2.75, 3.05) is 11.3 Å². The molecule has 1 aromatic heterocycles. The average Bonchev–Trinajstić information content (AvgIpc) is 2.85. The second-order valence-corrected chi connectivity index (χ2v) is 6.08. The molecule has 0 saturated heterocycles. The molecule has 0 aliphatic rings. The van der Waals surface area contributed by atoms with Crippen LogP contribution in [0.25, 0.3) is 0 Å². The van der Waals surface area contributed by atoms with E-state index in [0.29, 0.717) is 11.5 Å². The normalized spacial score (nSPS) is 10.8. The minimum Gasteiger partial charge on any atom is -0.384 e. The van der Waals surface area contributed by atoms with E-state index in [4.69, 9.17) is 5.11 Å². The maximum absolute atomic E-state index is 12.1. The van der Waals surface area contributed by atoms with Gasteiger partial charge in [0, 0.05) is 11.3 Å². The van der Waals surface area contributed by atoms with Gasteiger partial charge in [-0.25, -0.2) is 4.98 Å². The van der Waals surface area contributed by atoms with Gasteiger partial charge in [-0.1, -0.05) is 11.8 Å². The Labute approximate surface area is 123 Å². The minimum absolute atomic E-state index is 0.0156. The highest BCUT2D eigenvalue weighted by Crippen LogP contribution is 2.18. The largest absolute Gasteiger partial charge is 0.384 e. The van der Waals surface area contributed by atoms with Gasteiger partial charge < -0.3 is 10.1 Å². The number of anilines is 1. The SMILES string of the molecule is Cc1ncc(S(=O)(=O)Nc2ccc(C#CCO)c(C)c2)[nH]1. The number of aromatic amines is 1. The second kappa shape index (κ2) is 5.99. The summed E-state index contributed by atoms with van der Waals surface area (Å²) in [6.45, 7) is 3.28. The summed E-state index contributed by atoms with van der Waals surface area (Å²) in [6.07, 6.45) is 1.27. The van der Waals surface area contributed by atoms with Crippen LogP contribution in [-0.2, 0) is 10.0 Å². The molecule has 0 fully saturated rings. The number of imidazole rings is 1. The molecule has 110 valence electrons. The van der Waals surface area contributed by atoms with Gasteiger partial charge in [-0.15, -0.1) is 0 Å². The van der Waals surface area contributed by atoms with Gasteiger partial charge in [0.15, 0.2) is 5.03 Å². The van der Waals surface area contributed by atoms with Crippen LogP contribution in [-0.4, -0.2) is 30.1 Å². The summed E-state index contributed by atoms with van der Waals surface area (Å²) in [7, 11) is -3.68. The van der Waals surface area contributed by atoms with E-state index in [1.807, 2.05) is 6.92 Å². The third-order valence-corrected chi connectivity index (χ3v) is 4.04. The molecule has 0 aliphatic carbocycles. The Morgan fingerprint density at radius 2 is 2.14 bits per heavy atom.